The molecule has 1 aliphatic heterocycles. The normalized spacial score (nSPS) is 19.2. The molecule has 1 aliphatic carbocycles. The van der Waals surface area contributed by atoms with Crippen LogP contribution in [0.1, 0.15) is 77.4 Å². The van der Waals surface area contributed by atoms with Crippen molar-refractivity contribution in [3.05, 3.63) is 52.2 Å². The molecule has 2 bridgehead atoms. The van der Waals surface area contributed by atoms with Crippen LogP contribution in [0.3, 0.4) is 0 Å². The number of aromatic nitrogens is 2. The Hall–Kier alpha value is -3.20. The summed E-state index contributed by atoms with van der Waals surface area (Å²) in [6.07, 6.45) is 4.94. The smallest absolute Gasteiger partial charge is 0.272 e. The van der Waals surface area contributed by atoms with Gasteiger partial charge in [-0.3, -0.25) is 19.1 Å². The van der Waals surface area contributed by atoms with E-state index in [0.29, 0.717) is 68.4 Å². The molecule has 0 fully saturated rings. The molecule has 3 aromatic rings. The van der Waals surface area contributed by atoms with Crippen molar-refractivity contribution < 1.29 is 14.4 Å². The number of amides is 3. The first kappa shape index (κ1) is 27.4. The second kappa shape index (κ2) is 11.9. The van der Waals surface area contributed by atoms with Gasteiger partial charge in [0.1, 0.15) is 0 Å². The molecular formula is C30H39N5O3S. The number of carbonyl (C=O) groups excluding carboxylic acids is 3. The van der Waals surface area contributed by atoms with Gasteiger partial charge < -0.3 is 15.1 Å². The van der Waals surface area contributed by atoms with Crippen LogP contribution in [0, 0.1) is 5.92 Å². The van der Waals surface area contributed by atoms with Crippen LogP contribution in [0.5, 0.6) is 0 Å². The molecule has 0 spiro atoms. The van der Waals surface area contributed by atoms with Gasteiger partial charge in [0.25, 0.3) is 11.8 Å². The number of aryl methyl sites for hydroxylation is 1. The summed E-state index contributed by atoms with van der Waals surface area (Å²) in [5.41, 5.74) is 2.55. The summed E-state index contributed by atoms with van der Waals surface area (Å²) >= 11 is 1.50. The van der Waals surface area contributed by atoms with E-state index in [1.807, 2.05) is 47.0 Å². The fourth-order valence-electron chi connectivity index (χ4n) is 5.81. The summed E-state index contributed by atoms with van der Waals surface area (Å²) < 4.78 is 2.92. The zero-order valence-corrected chi connectivity index (χ0v) is 24.1. The Morgan fingerprint density at radius 1 is 1.15 bits per heavy atom. The number of benzene rings is 1. The van der Waals surface area contributed by atoms with Crippen LogP contribution in [-0.4, -0.2) is 69.5 Å². The third kappa shape index (κ3) is 6.03. The number of fused-ring (bicyclic) bond motifs is 2. The van der Waals surface area contributed by atoms with Crippen molar-refractivity contribution >= 4 is 39.1 Å². The largest absolute Gasteiger partial charge is 0.351 e. The molecule has 208 valence electrons. The predicted octanol–water partition coefficient (Wildman–Crippen LogP) is 4.42. The van der Waals surface area contributed by atoms with Crippen LogP contribution < -0.4 is 5.32 Å². The molecule has 1 atom stereocenters. The van der Waals surface area contributed by atoms with Crippen LogP contribution in [0.25, 0.3) is 10.1 Å². The Balaban J connectivity index is 1.39. The Labute approximate surface area is 234 Å². The molecule has 2 aliphatic rings. The maximum Gasteiger partial charge on any atom is 0.272 e. The maximum atomic E-state index is 13.6. The SMILES string of the molecule is CC(C)CCN1C(=O)CCCN(C(=O)c2cc3ccccc3s2)CCCNC(=O)c2nn(C)c3c2CC1CC3. The zero-order valence-electron chi connectivity index (χ0n) is 23.2. The van der Waals surface area contributed by atoms with Crippen molar-refractivity contribution in [2.45, 2.75) is 64.8 Å². The predicted molar refractivity (Wildman–Crippen MR) is 154 cm³/mol. The first-order valence-electron chi connectivity index (χ1n) is 14.2. The number of rotatable bonds is 4. The first-order chi connectivity index (χ1) is 18.8. The van der Waals surface area contributed by atoms with E-state index in [1.54, 1.807) is 0 Å². The summed E-state index contributed by atoms with van der Waals surface area (Å²) in [5, 5.41) is 8.68. The zero-order chi connectivity index (χ0) is 27.5. The monoisotopic (exact) mass is 549 g/mol. The molecule has 5 rings (SSSR count). The van der Waals surface area contributed by atoms with Crippen molar-refractivity contribution in [2.24, 2.45) is 13.0 Å². The van der Waals surface area contributed by atoms with Crippen LogP contribution in [0.15, 0.2) is 30.3 Å². The fraction of sp³-hybridized carbons (Fsp3) is 0.533. The van der Waals surface area contributed by atoms with Gasteiger partial charge in [-0.25, -0.2) is 0 Å². The lowest BCUT2D eigenvalue weighted by atomic mass is 9.89. The molecule has 9 heteroatoms. The summed E-state index contributed by atoms with van der Waals surface area (Å²) in [6.45, 7) is 6.56. The van der Waals surface area contributed by atoms with E-state index in [2.05, 4.69) is 29.2 Å². The average Bonchev–Trinajstić information content (AvgIpc) is 3.50. The summed E-state index contributed by atoms with van der Waals surface area (Å²) in [5.74, 6) is 0.444. The molecule has 2 aromatic heterocycles. The first-order valence-corrected chi connectivity index (χ1v) is 15.0. The quantitative estimate of drug-likeness (QED) is 0.522. The van der Waals surface area contributed by atoms with Gasteiger partial charge >= 0.3 is 0 Å². The minimum atomic E-state index is -0.176. The third-order valence-corrected chi connectivity index (χ3v) is 9.09. The Bertz CT molecular complexity index is 1330. The molecule has 1 unspecified atom stereocenters. The lowest BCUT2D eigenvalue weighted by molar-refractivity contribution is -0.134. The Morgan fingerprint density at radius 3 is 2.74 bits per heavy atom. The third-order valence-electron chi connectivity index (χ3n) is 7.99. The van der Waals surface area contributed by atoms with Crippen LogP contribution in [0.2, 0.25) is 0 Å². The van der Waals surface area contributed by atoms with Crippen molar-refractivity contribution in [3.8, 4) is 0 Å². The molecule has 3 amide bonds. The Morgan fingerprint density at radius 2 is 1.95 bits per heavy atom. The van der Waals surface area contributed by atoms with E-state index in [0.717, 1.165) is 40.6 Å². The highest BCUT2D eigenvalue weighted by Crippen LogP contribution is 2.29. The topological polar surface area (TPSA) is 87.5 Å². The Kier molecular flexibility index (Phi) is 8.35. The highest BCUT2D eigenvalue weighted by atomic mass is 32.1. The second-order valence-corrected chi connectivity index (χ2v) is 12.3. The van der Waals surface area contributed by atoms with Crippen LogP contribution >= 0.6 is 11.3 Å². The molecule has 3 heterocycles. The summed E-state index contributed by atoms with van der Waals surface area (Å²) in [7, 11) is 1.90. The van der Waals surface area contributed by atoms with Gasteiger partial charge in [-0.1, -0.05) is 32.0 Å². The number of hydrogen-bond donors (Lipinski definition) is 1. The molecule has 0 saturated carbocycles. The minimum absolute atomic E-state index is 0.0107. The van der Waals surface area contributed by atoms with E-state index in [9.17, 15) is 14.4 Å². The molecule has 1 N–H and O–H groups in total. The summed E-state index contributed by atoms with van der Waals surface area (Å²) in [4.78, 5) is 45.0. The number of nitrogens with one attached hydrogen (secondary N) is 1. The van der Waals surface area contributed by atoms with E-state index >= 15 is 0 Å². The summed E-state index contributed by atoms with van der Waals surface area (Å²) in [6, 6.07) is 10.0. The van der Waals surface area contributed by atoms with E-state index in [1.165, 1.54) is 11.3 Å². The van der Waals surface area contributed by atoms with E-state index in [-0.39, 0.29) is 23.8 Å². The highest BCUT2D eigenvalue weighted by Gasteiger charge is 2.33. The molecular weight excluding hydrogens is 510 g/mol. The van der Waals surface area contributed by atoms with Crippen LogP contribution in [-0.2, 0) is 24.7 Å². The van der Waals surface area contributed by atoms with Crippen molar-refractivity contribution in [1.29, 1.82) is 0 Å². The lowest BCUT2D eigenvalue weighted by Gasteiger charge is -2.35. The number of nitrogens with zero attached hydrogens (tertiary/aromatic N) is 4. The maximum absolute atomic E-state index is 13.6. The van der Waals surface area contributed by atoms with Gasteiger partial charge in [-0.15, -0.1) is 11.3 Å². The minimum Gasteiger partial charge on any atom is -0.351 e. The van der Waals surface area contributed by atoms with E-state index in [4.69, 9.17) is 0 Å². The fourth-order valence-corrected chi connectivity index (χ4v) is 6.84. The van der Waals surface area contributed by atoms with Gasteiger partial charge in [0.05, 0.1) is 4.88 Å². The van der Waals surface area contributed by atoms with Gasteiger partial charge in [0, 0.05) is 61.6 Å². The standard InChI is InChI=1S/C30H39N5O3S/c1-20(2)13-17-35-22-11-12-24-23(19-22)28(32-33(24)3)29(37)31-14-7-16-34(15-6-10-27(35)36)30(38)26-18-21-8-4-5-9-25(21)39-26/h4-5,8-9,18,20,22H,6-7,10-17,19H2,1-3H3,(H,31,37). The lowest BCUT2D eigenvalue weighted by Crippen LogP contribution is -2.45. The van der Waals surface area contributed by atoms with E-state index < -0.39 is 0 Å². The van der Waals surface area contributed by atoms with Gasteiger partial charge in [0.15, 0.2) is 5.69 Å². The molecule has 39 heavy (non-hydrogen) atoms. The molecule has 0 radical (unpaired) electrons. The highest BCUT2D eigenvalue weighted by molar-refractivity contribution is 7.20. The van der Waals surface area contributed by atoms with Crippen molar-refractivity contribution in [1.82, 2.24) is 24.9 Å². The van der Waals surface area contributed by atoms with Gasteiger partial charge in [-0.05, 0) is 62.0 Å². The molecule has 8 nitrogen and oxygen atoms in total. The van der Waals surface area contributed by atoms with Crippen molar-refractivity contribution in [3.63, 3.8) is 0 Å². The van der Waals surface area contributed by atoms with Crippen molar-refractivity contribution in [2.75, 3.05) is 26.2 Å². The average molecular weight is 550 g/mol. The van der Waals surface area contributed by atoms with Gasteiger partial charge in [-0.2, -0.15) is 5.10 Å². The molecule has 0 saturated heterocycles. The van der Waals surface area contributed by atoms with Gasteiger partial charge in [0.2, 0.25) is 5.91 Å². The second-order valence-electron chi connectivity index (χ2n) is 11.2. The molecule has 1 aromatic carbocycles. The number of carbonyl (C=O) groups is 3. The number of hydrogen-bond acceptors (Lipinski definition) is 5. The number of thiophene rings is 1. The van der Waals surface area contributed by atoms with Crippen LogP contribution in [0.4, 0.5) is 0 Å².